The van der Waals surface area contributed by atoms with E-state index < -0.39 is 0 Å². The topological polar surface area (TPSA) is 67.2 Å². The van der Waals surface area contributed by atoms with Gasteiger partial charge in [-0.2, -0.15) is 0 Å². The summed E-state index contributed by atoms with van der Waals surface area (Å²) >= 11 is 3.03. The molecule has 4 N–H and O–H groups in total. The molecule has 1 saturated carbocycles. The van der Waals surface area contributed by atoms with Gasteiger partial charge in [-0.3, -0.25) is 4.79 Å². The summed E-state index contributed by atoms with van der Waals surface area (Å²) in [5.41, 5.74) is 6.74. The Morgan fingerprint density at radius 3 is 2.58 bits per heavy atom. The second kappa shape index (κ2) is 5.25. The quantitative estimate of drug-likeness (QED) is 0.731. The van der Waals surface area contributed by atoms with Gasteiger partial charge < -0.3 is 16.4 Å². The molecule has 6 heteroatoms. The fourth-order valence-electron chi connectivity index (χ4n) is 2.20. The maximum absolute atomic E-state index is 11.8. The molecule has 1 aliphatic rings. The molecular formula is C13H21N3OS2. The average molecular weight is 299 g/mol. The largest absolute Gasteiger partial charge is 0.396 e. The third-order valence-corrected chi connectivity index (χ3v) is 5.65. The Morgan fingerprint density at radius 1 is 1.47 bits per heavy atom. The molecule has 0 bridgehead atoms. The smallest absolute Gasteiger partial charge is 0.263 e. The first kappa shape index (κ1) is 14.5. The number of hydrogen-bond donors (Lipinski definition) is 3. The fourth-order valence-corrected chi connectivity index (χ4v) is 4.32. The minimum absolute atomic E-state index is 0.0573. The molecule has 106 valence electrons. The summed E-state index contributed by atoms with van der Waals surface area (Å²) in [4.78, 5) is 13.4. The maximum Gasteiger partial charge on any atom is 0.263 e. The van der Waals surface area contributed by atoms with Crippen LogP contribution in [0, 0.1) is 5.92 Å². The van der Waals surface area contributed by atoms with E-state index in [4.69, 9.17) is 5.73 Å². The first-order chi connectivity index (χ1) is 8.90. The molecule has 2 rings (SSSR count). The minimum atomic E-state index is -0.116. The lowest BCUT2D eigenvalue weighted by Gasteiger charge is -2.27. The van der Waals surface area contributed by atoms with E-state index in [1.165, 1.54) is 24.2 Å². The minimum Gasteiger partial charge on any atom is -0.396 e. The molecule has 1 heterocycles. The van der Waals surface area contributed by atoms with Crippen LogP contribution < -0.4 is 16.4 Å². The summed E-state index contributed by atoms with van der Waals surface area (Å²) in [6, 6.07) is 0. The number of carbonyl (C=O) groups is 1. The molecule has 0 unspecified atom stereocenters. The summed E-state index contributed by atoms with van der Waals surface area (Å²) < 4.78 is 0. The zero-order valence-electron chi connectivity index (χ0n) is 11.8. The van der Waals surface area contributed by atoms with E-state index in [0.29, 0.717) is 16.5 Å². The van der Waals surface area contributed by atoms with Gasteiger partial charge in [-0.05, 0) is 38.9 Å². The molecule has 0 atom stereocenters. The highest BCUT2D eigenvalue weighted by Gasteiger charge is 2.38. The third kappa shape index (κ3) is 2.84. The lowest BCUT2D eigenvalue weighted by molar-refractivity contribution is 0.0968. The third-order valence-electron chi connectivity index (χ3n) is 3.57. The van der Waals surface area contributed by atoms with Gasteiger partial charge in [-0.25, -0.2) is 0 Å². The van der Waals surface area contributed by atoms with E-state index >= 15 is 0 Å². The molecule has 1 amide bonds. The van der Waals surface area contributed by atoms with E-state index in [-0.39, 0.29) is 11.4 Å². The molecule has 1 aliphatic carbocycles. The zero-order valence-corrected chi connectivity index (χ0v) is 13.4. The highest BCUT2D eigenvalue weighted by molar-refractivity contribution is 7.99. The van der Waals surface area contributed by atoms with Crippen LogP contribution in [0.2, 0.25) is 0 Å². The number of nitrogen functional groups attached to an aromatic ring is 1. The van der Waals surface area contributed by atoms with Crippen molar-refractivity contribution in [3.8, 4) is 0 Å². The molecule has 0 spiro atoms. The number of thioether (sulfide) groups is 1. The molecular weight excluding hydrogens is 278 g/mol. The Labute approximate surface area is 122 Å². The Kier molecular flexibility index (Phi) is 4.01. The van der Waals surface area contributed by atoms with Crippen LogP contribution in [0.1, 0.15) is 36.4 Å². The van der Waals surface area contributed by atoms with Crippen molar-refractivity contribution in [3.05, 3.63) is 4.88 Å². The Morgan fingerprint density at radius 2 is 2.11 bits per heavy atom. The summed E-state index contributed by atoms with van der Waals surface area (Å²) in [5.74, 6) is 0.601. The van der Waals surface area contributed by atoms with Crippen LogP contribution in [0.15, 0.2) is 4.90 Å². The Hall–Kier alpha value is -0.880. The first-order valence-corrected chi connectivity index (χ1v) is 8.41. The molecule has 1 aromatic heterocycles. The molecule has 0 aliphatic heterocycles. The van der Waals surface area contributed by atoms with E-state index in [0.717, 1.165) is 9.90 Å². The molecule has 1 aromatic rings. The number of hydrogen-bond acceptors (Lipinski definition) is 5. The van der Waals surface area contributed by atoms with Gasteiger partial charge >= 0.3 is 0 Å². The maximum atomic E-state index is 11.8. The standard InChI is InChI=1S/C13H21N3OS2/c1-13(2,7-5-6-7)16-12-10(18-4)8(14)9(19-12)11(17)15-3/h7,16H,5-6,14H2,1-4H3,(H,15,17). The van der Waals surface area contributed by atoms with Crippen LogP contribution in [0.5, 0.6) is 0 Å². The number of carbonyl (C=O) groups excluding carboxylic acids is 1. The van der Waals surface area contributed by atoms with Crippen LogP contribution >= 0.6 is 23.1 Å². The zero-order chi connectivity index (χ0) is 14.2. The van der Waals surface area contributed by atoms with Crippen LogP contribution in [-0.2, 0) is 0 Å². The van der Waals surface area contributed by atoms with Crippen molar-refractivity contribution in [1.82, 2.24) is 5.32 Å². The number of nitrogens with one attached hydrogen (secondary N) is 2. The van der Waals surface area contributed by atoms with Crippen LogP contribution in [0.3, 0.4) is 0 Å². The van der Waals surface area contributed by atoms with Crippen LogP contribution in [0.4, 0.5) is 10.7 Å². The summed E-state index contributed by atoms with van der Waals surface area (Å²) in [5, 5.41) is 7.23. The number of anilines is 2. The van der Waals surface area contributed by atoms with Crippen LogP contribution in [-0.4, -0.2) is 24.7 Å². The lowest BCUT2D eigenvalue weighted by atomic mass is 9.99. The van der Waals surface area contributed by atoms with Gasteiger partial charge in [0.2, 0.25) is 0 Å². The van der Waals surface area contributed by atoms with E-state index in [2.05, 4.69) is 24.5 Å². The van der Waals surface area contributed by atoms with Crippen LogP contribution in [0.25, 0.3) is 0 Å². The predicted molar refractivity (Wildman–Crippen MR) is 84.3 cm³/mol. The SMILES string of the molecule is CNC(=O)c1sc(NC(C)(C)C2CC2)c(SC)c1N. The van der Waals surface area contributed by atoms with Gasteiger partial charge in [0.25, 0.3) is 5.91 Å². The highest BCUT2D eigenvalue weighted by Crippen LogP contribution is 2.46. The van der Waals surface area contributed by atoms with Crippen molar-refractivity contribution in [3.63, 3.8) is 0 Å². The van der Waals surface area contributed by atoms with Crippen molar-refractivity contribution in [2.75, 3.05) is 24.4 Å². The van der Waals surface area contributed by atoms with E-state index in [1.807, 2.05) is 6.26 Å². The highest BCUT2D eigenvalue weighted by atomic mass is 32.2. The van der Waals surface area contributed by atoms with Gasteiger partial charge in [0.15, 0.2) is 0 Å². The van der Waals surface area contributed by atoms with Gasteiger partial charge in [0.1, 0.15) is 9.88 Å². The predicted octanol–water partition coefficient (Wildman–Crippen LogP) is 3.01. The second-order valence-electron chi connectivity index (χ2n) is 5.41. The number of amides is 1. The van der Waals surface area contributed by atoms with E-state index in [9.17, 15) is 4.79 Å². The molecule has 19 heavy (non-hydrogen) atoms. The summed E-state index contributed by atoms with van der Waals surface area (Å²) in [6.07, 6.45) is 4.54. The van der Waals surface area contributed by atoms with Crippen molar-refractivity contribution >= 4 is 39.7 Å². The lowest BCUT2D eigenvalue weighted by Crippen LogP contribution is -2.33. The molecule has 4 nitrogen and oxygen atoms in total. The van der Waals surface area contributed by atoms with Crippen molar-refractivity contribution < 1.29 is 4.79 Å². The van der Waals surface area contributed by atoms with Gasteiger partial charge in [0.05, 0.1) is 10.6 Å². The first-order valence-electron chi connectivity index (χ1n) is 6.37. The number of thiophene rings is 1. The van der Waals surface area contributed by atoms with Crippen molar-refractivity contribution in [1.29, 1.82) is 0 Å². The molecule has 0 aromatic carbocycles. The van der Waals surface area contributed by atoms with E-state index in [1.54, 1.807) is 18.8 Å². The Balaban J connectivity index is 2.31. The summed E-state index contributed by atoms with van der Waals surface area (Å²) in [6.45, 7) is 4.43. The normalized spacial score (nSPS) is 15.4. The number of nitrogens with two attached hydrogens (primary N) is 1. The molecule has 0 radical (unpaired) electrons. The Bertz CT molecular complexity index is 492. The molecule has 0 saturated heterocycles. The van der Waals surface area contributed by atoms with Gasteiger partial charge in [-0.1, -0.05) is 0 Å². The monoisotopic (exact) mass is 299 g/mol. The second-order valence-corrected chi connectivity index (χ2v) is 7.24. The van der Waals surface area contributed by atoms with Gasteiger partial charge in [-0.15, -0.1) is 23.1 Å². The molecule has 1 fully saturated rings. The van der Waals surface area contributed by atoms with Gasteiger partial charge in [0, 0.05) is 12.6 Å². The summed E-state index contributed by atoms with van der Waals surface area (Å²) in [7, 11) is 1.63. The van der Waals surface area contributed by atoms with Crippen molar-refractivity contribution in [2.24, 2.45) is 5.92 Å². The van der Waals surface area contributed by atoms with Crippen molar-refractivity contribution in [2.45, 2.75) is 37.1 Å². The average Bonchev–Trinajstić information content (AvgIpc) is 3.15. The number of rotatable bonds is 5. The fraction of sp³-hybridized carbons (Fsp3) is 0.615.